The van der Waals surface area contributed by atoms with E-state index < -0.39 is 0 Å². The Bertz CT molecular complexity index is 830. The molecule has 0 aliphatic rings. The number of benzene rings is 1. The number of fused-ring (bicyclic) bond motifs is 1. The highest BCUT2D eigenvalue weighted by Gasteiger charge is 2.13. The fourth-order valence-corrected chi connectivity index (χ4v) is 2.22. The van der Waals surface area contributed by atoms with Crippen molar-refractivity contribution in [3.05, 3.63) is 59.4 Å². The molecule has 0 atom stereocenters. The number of nitrogens with two attached hydrogens (primary N) is 1. The van der Waals surface area contributed by atoms with Gasteiger partial charge >= 0.3 is 0 Å². The molecule has 3 rings (SSSR count). The number of nitrogens with zero attached hydrogens (tertiary/aromatic N) is 2. The molecule has 0 saturated heterocycles. The molecule has 5 nitrogen and oxygen atoms in total. The summed E-state index contributed by atoms with van der Waals surface area (Å²) in [7, 11) is 0. The topological polar surface area (TPSA) is 84.9 Å². The first-order valence-electron chi connectivity index (χ1n) is 6.17. The van der Waals surface area contributed by atoms with Crippen molar-refractivity contribution in [1.29, 1.82) is 5.41 Å². The summed E-state index contributed by atoms with van der Waals surface area (Å²) in [6.07, 6.45) is 3.19. The summed E-state index contributed by atoms with van der Waals surface area (Å²) in [5.74, 6) is 0.606. The smallest absolute Gasteiger partial charge is 0.238 e. The van der Waals surface area contributed by atoms with Crippen LogP contribution in [0, 0.1) is 5.41 Å². The van der Waals surface area contributed by atoms with E-state index in [1.807, 2.05) is 24.3 Å². The second-order valence-electron chi connectivity index (χ2n) is 4.32. The molecule has 1 aromatic carbocycles. The fraction of sp³-hybridized carbons (Fsp3) is 0. The van der Waals surface area contributed by atoms with Gasteiger partial charge in [-0.25, -0.2) is 4.98 Å². The number of nitrogen functional groups attached to an aromatic ring is 1. The lowest BCUT2D eigenvalue weighted by atomic mass is 10.2. The monoisotopic (exact) mass is 298 g/mol. The van der Waals surface area contributed by atoms with Crippen molar-refractivity contribution in [3.63, 3.8) is 0 Å². The lowest BCUT2D eigenvalue weighted by molar-refractivity contribution is 0.467. The van der Waals surface area contributed by atoms with E-state index in [2.05, 4.69) is 9.97 Å². The van der Waals surface area contributed by atoms with Crippen molar-refractivity contribution in [1.82, 2.24) is 9.97 Å². The Kier molecular flexibility index (Phi) is 3.41. The molecular weight excluding hydrogens is 288 g/mol. The van der Waals surface area contributed by atoms with Crippen LogP contribution in [0.25, 0.3) is 10.9 Å². The molecule has 3 N–H and O–H groups in total. The number of para-hydroxylation sites is 1. The molecule has 0 aliphatic carbocycles. The fourth-order valence-electron chi connectivity index (χ4n) is 1.97. The van der Waals surface area contributed by atoms with Crippen LogP contribution in [0.5, 0.6) is 11.6 Å². The number of pyridine rings is 2. The molecule has 0 spiro atoms. The maximum Gasteiger partial charge on any atom is 0.238 e. The van der Waals surface area contributed by atoms with Gasteiger partial charge in [-0.1, -0.05) is 29.8 Å². The van der Waals surface area contributed by atoms with Crippen molar-refractivity contribution in [2.24, 2.45) is 5.73 Å². The van der Waals surface area contributed by atoms with Gasteiger partial charge in [0.2, 0.25) is 5.88 Å². The summed E-state index contributed by atoms with van der Waals surface area (Å²) in [5.41, 5.74) is 6.57. The molecule has 2 heterocycles. The van der Waals surface area contributed by atoms with E-state index in [0.717, 1.165) is 5.39 Å². The standard InChI is InChI=1S/C15H11ClN4O/c16-12-10(14(17)18)6-8-20-15(12)21-11-5-1-3-9-4-2-7-19-13(9)11/h1-8H,(H3,17,18). The molecule has 2 aromatic heterocycles. The summed E-state index contributed by atoms with van der Waals surface area (Å²) in [6, 6.07) is 11.0. The summed E-state index contributed by atoms with van der Waals surface area (Å²) in [6.45, 7) is 0. The van der Waals surface area contributed by atoms with Crippen LogP contribution in [-0.4, -0.2) is 15.8 Å². The molecule has 3 aromatic rings. The van der Waals surface area contributed by atoms with Crippen LogP contribution in [0.4, 0.5) is 0 Å². The molecule has 0 fully saturated rings. The molecule has 0 saturated carbocycles. The number of ether oxygens (including phenoxy) is 1. The third-order valence-corrected chi connectivity index (χ3v) is 3.31. The molecule has 0 unspecified atom stereocenters. The van der Waals surface area contributed by atoms with Crippen molar-refractivity contribution in [3.8, 4) is 11.6 Å². The normalized spacial score (nSPS) is 10.5. The molecule has 0 radical (unpaired) electrons. The first-order chi connectivity index (χ1) is 10.2. The Morgan fingerprint density at radius 2 is 1.90 bits per heavy atom. The largest absolute Gasteiger partial charge is 0.435 e. The Morgan fingerprint density at radius 3 is 2.71 bits per heavy atom. The number of hydrogen-bond donors (Lipinski definition) is 2. The van der Waals surface area contributed by atoms with Crippen molar-refractivity contribution in [2.75, 3.05) is 0 Å². The maximum absolute atomic E-state index is 7.48. The number of halogens is 1. The quantitative estimate of drug-likeness (QED) is 0.573. The highest BCUT2D eigenvalue weighted by atomic mass is 35.5. The molecule has 0 aliphatic heterocycles. The van der Waals surface area contributed by atoms with E-state index in [1.54, 1.807) is 18.3 Å². The summed E-state index contributed by atoms with van der Waals surface area (Å²) < 4.78 is 5.76. The second kappa shape index (κ2) is 5.38. The van der Waals surface area contributed by atoms with E-state index >= 15 is 0 Å². The van der Waals surface area contributed by atoms with Crippen molar-refractivity contribution >= 4 is 28.3 Å². The summed E-state index contributed by atoms with van der Waals surface area (Å²) >= 11 is 6.18. The van der Waals surface area contributed by atoms with Crippen molar-refractivity contribution in [2.45, 2.75) is 0 Å². The van der Waals surface area contributed by atoms with Gasteiger partial charge < -0.3 is 10.5 Å². The molecule has 0 bridgehead atoms. The first kappa shape index (κ1) is 13.3. The minimum atomic E-state index is -0.136. The van der Waals surface area contributed by atoms with Gasteiger partial charge in [0, 0.05) is 23.3 Å². The van der Waals surface area contributed by atoms with Crippen LogP contribution in [-0.2, 0) is 0 Å². The third-order valence-electron chi connectivity index (χ3n) is 2.95. The third kappa shape index (κ3) is 2.51. The van der Waals surface area contributed by atoms with Crippen LogP contribution < -0.4 is 10.5 Å². The minimum Gasteiger partial charge on any atom is -0.435 e. The highest BCUT2D eigenvalue weighted by Crippen LogP contribution is 2.32. The van der Waals surface area contributed by atoms with Crippen molar-refractivity contribution < 1.29 is 4.74 Å². The van der Waals surface area contributed by atoms with E-state index in [0.29, 0.717) is 16.8 Å². The Balaban J connectivity index is 2.07. The van der Waals surface area contributed by atoms with Crippen LogP contribution in [0.2, 0.25) is 5.02 Å². The number of amidine groups is 1. The summed E-state index contributed by atoms with van der Waals surface area (Å²) in [4.78, 5) is 8.39. The number of hydrogen-bond acceptors (Lipinski definition) is 4. The molecule has 6 heteroatoms. The average Bonchev–Trinajstić information content (AvgIpc) is 2.49. The maximum atomic E-state index is 7.48. The minimum absolute atomic E-state index is 0.136. The zero-order valence-corrected chi connectivity index (χ0v) is 11.6. The number of rotatable bonds is 3. The van der Waals surface area contributed by atoms with Crippen LogP contribution >= 0.6 is 11.6 Å². The van der Waals surface area contributed by atoms with Gasteiger partial charge in [0.15, 0.2) is 5.75 Å². The van der Waals surface area contributed by atoms with Crippen LogP contribution in [0.3, 0.4) is 0 Å². The lowest BCUT2D eigenvalue weighted by Crippen LogP contribution is -2.12. The second-order valence-corrected chi connectivity index (χ2v) is 4.70. The van der Waals surface area contributed by atoms with E-state index in [1.165, 1.54) is 6.20 Å². The van der Waals surface area contributed by atoms with Crippen LogP contribution in [0.1, 0.15) is 5.56 Å². The predicted molar refractivity (Wildman–Crippen MR) is 82.1 cm³/mol. The highest BCUT2D eigenvalue weighted by molar-refractivity contribution is 6.35. The number of aromatic nitrogens is 2. The molecular formula is C15H11ClN4O. The van der Waals surface area contributed by atoms with Gasteiger partial charge in [-0.15, -0.1) is 0 Å². The lowest BCUT2D eigenvalue weighted by Gasteiger charge is -2.10. The van der Waals surface area contributed by atoms with Gasteiger partial charge in [-0.05, 0) is 18.2 Å². The van der Waals surface area contributed by atoms with Gasteiger partial charge in [-0.2, -0.15) is 0 Å². The molecule has 0 amide bonds. The Morgan fingerprint density at radius 1 is 1.10 bits per heavy atom. The van der Waals surface area contributed by atoms with Gasteiger partial charge in [0.25, 0.3) is 0 Å². The van der Waals surface area contributed by atoms with Gasteiger partial charge in [0.1, 0.15) is 16.4 Å². The Hall–Kier alpha value is -2.66. The zero-order valence-electron chi connectivity index (χ0n) is 10.9. The SMILES string of the molecule is N=C(N)c1ccnc(Oc2cccc3cccnc23)c1Cl. The van der Waals surface area contributed by atoms with Gasteiger partial charge in [-0.3, -0.25) is 10.4 Å². The predicted octanol–water partition coefficient (Wildman–Crippen LogP) is 3.36. The summed E-state index contributed by atoms with van der Waals surface area (Å²) in [5, 5.41) is 8.64. The molecule has 21 heavy (non-hydrogen) atoms. The number of nitrogens with one attached hydrogen (secondary N) is 1. The molecule has 104 valence electrons. The van der Waals surface area contributed by atoms with Gasteiger partial charge in [0.05, 0.1) is 0 Å². The van der Waals surface area contributed by atoms with Crippen LogP contribution in [0.15, 0.2) is 48.8 Å². The first-order valence-corrected chi connectivity index (χ1v) is 6.55. The average molecular weight is 299 g/mol. The Labute approximate surface area is 125 Å². The van der Waals surface area contributed by atoms with E-state index in [-0.39, 0.29) is 16.7 Å². The van der Waals surface area contributed by atoms with E-state index in [9.17, 15) is 0 Å². The van der Waals surface area contributed by atoms with E-state index in [4.69, 9.17) is 27.5 Å². The zero-order chi connectivity index (χ0) is 14.8.